The Morgan fingerprint density at radius 2 is 1.94 bits per heavy atom. The number of carbonyl (C=O) groups is 1. The zero-order chi connectivity index (χ0) is 14.1. The van der Waals surface area contributed by atoms with Crippen molar-refractivity contribution in [1.82, 2.24) is 4.90 Å². The van der Waals surface area contributed by atoms with Crippen LogP contribution in [0.3, 0.4) is 0 Å². The van der Waals surface area contributed by atoms with Gasteiger partial charge in [0.25, 0.3) is 5.91 Å². The van der Waals surface area contributed by atoms with E-state index in [1.807, 2.05) is 0 Å². The average molecular weight is 278 g/mol. The second-order valence-corrected chi connectivity index (χ2v) is 5.16. The number of benzene rings is 1. The summed E-state index contributed by atoms with van der Waals surface area (Å²) in [6, 6.07) is 1.08. The summed E-state index contributed by atoms with van der Waals surface area (Å²) in [6.07, 6.45) is 0. The number of sulfonamides is 1. The molecule has 0 atom stereocenters. The van der Waals surface area contributed by atoms with Crippen molar-refractivity contribution >= 4 is 15.9 Å². The van der Waals surface area contributed by atoms with Gasteiger partial charge in [-0.3, -0.25) is 4.79 Å². The fourth-order valence-corrected chi connectivity index (χ4v) is 1.91. The lowest BCUT2D eigenvalue weighted by molar-refractivity contribution is 0.0796. The van der Waals surface area contributed by atoms with Crippen LogP contribution >= 0.6 is 0 Å². The molecule has 0 bridgehead atoms. The van der Waals surface area contributed by atoms with Gasteiger partial charge in [0.2, 0.25) is 10.0 Å². The number of nitrogens with two attached hydrogens (primary N) is 1. The van der Waals surface area contributed by atoms with Gasteiger partial charge in [-0.25, -0.2) is 22.3 Å². The fraction of sp³-hybridized carbons (Fsp3) is 0.300. The summed E-state index contributed by atoms with van der Waals surface area (Å²) >= 11 is 0. The summed E-state index contributed by atoms with van der Waals surface area (Å²) in [4.78, 5) is 11.8. The Balaban J connectivity index is 3.48. The maximum atomic E-state index is 13.8. The van der Waals surface area contributed by atoms with Gasteiger partial charge in [-0.15, -0.1) is 0 Å². The van der Waals surface area contributed by atoms with Gasteiger partial charge in [-0.05, 0) is 19.1 Å². The Bertz CT molecular complexity index is 587. The van der Waals surface area contributed by atoms with Crippen LogP contribution < -0.4 is 5.14 Å². The molecule has 0 unspecified atom stereocenters. The molecule has 0 saturated carbocycles. The first kappa shape index (κ1) is 14.5. The van der Waals surface area contributed by atoms with E-state index in [4.69, 9.17) is 5.14 Å². The molecule has 0 radical (unpaired) electrons. The van der Waals surface area contributed by atoms with E-state index in [9.17, 15) is 22.0 Å². The van der Waals surface area contributed by atoms with Crippen LogP contribution in [0.1, 0.15) is 17.3 Å². The number of rotatable bonds is 3. The summed E-state index contributed by atoms with van der Waals surface area (Å²) in [5, 5.41) is 4.74. The Hall–Kier alpha value is -1.54. The van der Waals surface area contributed by atoms with Crippen molar-refractivity contribution in [1.29, 1.82) is 0 Å². The molecule has 2 N–H and O–H groups in total. The third-order valence-electron chi connectivity index (χ3n) is 2.36. The normalized spacial score (nSPS) is 11.4. The topological polar surface area (TPSA) is 80.5 Å². The summed E-state index contributed by atoms with van der Waals surface area (Å²) in [5.74, 6) is -3.21. The Morgan fingerprint density at radius 1 is 1.39 bits per heavy atom. The zero-order valence-electron chi connectivity index (χ0n) is 9.78. The number of hydrogen-bond donors (Lipinski definition) is 1. The van der Waals surface area contributed by atoms with Crippen LogP contribution in [0.4, 0.5) is 8.78 Å². The Labute approximate surface area is 103 Å². The SMILES string of the molecule is CCN(C)C(=O)c1cc(F)cc(S(N)(=O)=O)c1F. The van der Waals surface area contributed by atoms with Crippen LogP contribution in [-0.4, -0.2) is 32.8 Å². The van der Waals surface area contributed by atoms with E-state index in [1.165, 1.54) is 7.05 Å². The van der Waals surface area contributed by atoms with Gasteiger partial charge < -0.3 is 4.90 Å². The molecule has 0 aliphatic rings. The molecular formula is C10H12F2N2O3S. The molecule has 0 aliphatic carbocycles. The first-order valence-corrected chi connectivity index (χ1v) is 6.50. The van der Waals surface area contributed by atoms with Crippen molar-refractivity contribution in [3.8, 4) is 0 Å². The second kappa shape index (κ2) is 4.99. The molecular weight excluding hydrogens is 266 g/mol. The van der Waals surface area contributed by atoms with Gasteiger partial charge in [0.05, 0.1) is 5.56 Å². The predicted molar refractivity (Wildman–Crippen MR) is 60.4 cm³/mol. The number of carbonyl (C=O) groups excluding carboxylic acids is 1. The van der Waals surface area contributed by atoms with Gasteiger partial charge in [0, 0.05) is 13.6 Å². The van der Waals surface area contributed by atoms with Crippen LogP contribution in [0.15, 0.2) is 17.0 Å². The molecule has 0 heterocycles. The maximum Gasteiger partial charge on any atom is 0.256 e. The fourth-order valence-electron chi connectivity index (χ4n) is 1.28. The average Bonchev–Trinajstić information content (AvgIpc) is 2.28. The van der Waals surface area contributed by atoms with Crippen molar-refractivity contribution in [2.75, 3.05) is 13.6 Å². The minimum atomic E-state index is -4.43. The van der Waals surface area contributed by atoms with E-state index < -0.39 is 38.0 Å². The summed E-state index contributed by atoms with van der Waals surface area (Å²) in [5.41, 5.74) is -0.664. The molecule has 1 amide bonds. The van der Waals surface area contributed by atoms with Crippen LogP contribution in [-0.2, 0) is 10.0 Å². The molecule has 5 nitrogen and oxygen atoms in total. The van der Waals surface area contributed by atoms with E-state index in [0.717, 1.165) is 4.90 Å². The molecule has 0 aromatic heterocycles. The number of amides is 1. The first-order valence-electron chi connectivity index (χ1n) is 4.95. The molecule has 1 aromatic carbocycles. The van der Waals surface area contributed by atoms with Gasteiger partial charge in [0.15, 0.2) is 5.82 Å². The standard InChI is InChI=1S/C10H12F2N2O3S/c1-3-14(2)10(15)7-4-6(11)5-8(9(7)12)18(13,16)17/h4-5H,3H2,1-2H3,(H2,13,16,17). The molecule has 100 valence electrons. The highest BCUT2D eigenvalue weighted by Crippen LogP contribution is 2.20. The van der Waals surface area contributed by atoms with Crippen molar-refractivity contribution in [3.63, 3.8) is 0 Å². The molecule has 8 heteroatoms. The Kier molecular flexibility index (Phi) is 4.02. The number of halogens is 2. The van der Waals surface area contributed by atoms with E-state index in [2.05, 4.69) is 0 Å². The van der Waals surface area contributed by atoms with Crippen molar-refractivity contribution in [2.24, 2.45) is 5.14 Å². The third-order valence-corrected chi connectivity index (χ3v) is 3.27. The maximum absolute atomic E-state index is 13.8. The number of primary sulfonamides is 1. The first-order chi connectivity index (χ1) is 8.18. The highest BCUT2D eigenvalue weighted by atomic mass is 32.2. The summed E-state index contributed by atoms with van der Waals surface area (Å²) < 4.78 is 49.2. The number of hydrogen-bond acceptors (Lipinski definition) is 3. The van der Waals surface area contributed by atoms with Crippen LogP contribution in [0, 0.1) is 11.6 Å². The molecule has 0 fully saturated rings. The van der Waals surface area contributed by atoms with Gasteiger partial charge in [-0.2, -0.15) is 0 Å². The van der Waals surface area contributed by atoms with E-state index in [-0.39, 0.29) is 6.54 Å². The Morgan fingerprint density at radius 3 is 2.39 bits per heavy atom. The van der Waals surface area contributed by atoms with E-state index in [1.54, 1.807) is 6.92 Å². The van der Waals surface area contributed by atoms with Crippen molar-refractivity contribution in [2.45, 2.75) is 11.8 Å². The minimum absolute atomic E-state index is 0.263. The van der Waals surface area contributed by atoms with Crippen LogP contribution in [0.25, 0.3) is 0 Å². The third kappa shape index (κ3) is 2.82. The molecule has 0 spiro atoms. The minimum Gasteiger partial charge on any atom is -0.342 e. The highest BCUT2D eigenvalue weighted by Gasteiger charge is 2.24. The van der Waals surface area contributed by atoms with E-state index in [0.29, 0.717) is 12.1 Å². The van der Waals surface area contributed by atoms with Crippen molar-refractivity contribution < 1.29 is 22.0 Å². The zero-order valence-corrected chi connectivity index (χ0v) is 10.6. The van der Waals surface area contributed by atoms with Crippen molar-refractivity contribution in [3.05, 3.63) is 29.3 Å². The predicted octanol–water partition coefficient (Wildman–Crippen LogP) is 0.704. The largest absolute Gasteiger partial charge is 0.342 e. The molecule has 1 aromatic rings. The number of nitrogens with zero attached hydrogens (tertiary/aromatic N) is 1. The van der Waals surface area contributed by atoms with Gasteiger partial charge in [0.1, 0.15) is 10.7 Å². The molecule has 1 rings (SSSR count). The van der Waals surface area contributed by atoms with E-state index >= 15 is 0 Å². The second-order valence-electron chi connectivity index (χ2n) is 3.63. The van der Waals surface area contributed by atoms with Crippen LogP contribution in [0.5, 0.6) is 0 Å². The van der Waals surface area contributed by atoms with Gasteiger partial charge >= 0.3 is 0 Å². The smallest absolute Gasteiger partial charge is 0.256 e. The summed E-state index contributed by atoms with van der Waals surface area (Å²) in [6.45, 7) is 1.90. The quantitative estimate of drug-likeness (QED) is 0.884. The molecule has 0 saturated heterocycles. The molecule has 18 heavy (non-hydrogen) atoms. The lowest BCUT2D eigenvalue weighted by Gasteiger charge is -2.15. The van der Waals surface area contributed by atoms with Crippen LogP contribution in [0.2, 0.25) is 0 Å². The summed E-state index contributed by atoms with van der Waals surface area (Å²) in [7, 11) is -3.05. The lowest BCUT2D eigenvalue weighted by Crippen LogP contribution is -2.28. The molecule has 0 aliphatic heterocycles. The lowest BCUT2D eigenvalue weighted by atomic mass is 10.2. The highest BCUT2D eigenvalue weighted by molar-refractivity contribution is 7.89. The van der Waals surface area contributed by atoms with Gasteiger partial charge in [-0.1, -0.05) is 0 Å². The monoisotopic (exact) mass is 278 g/mol.